The maximum Gasteiger partial charge on any atom is 0.0995 e. The molecule has 0 fully saturated rings. The quantitative estimate of drug-likeness (QED) is 0.228. The standard InChI is InChI=1S/C10H8N4/c1-2-7-12-8-9-5-3-4-6-10(9)13-14-11/h1,3-6,8H,7H2. The van der Waals surface area contributed by atoms with E-state index in [4.69, 9.17) is 12.0 Å². The number of aliphatic imine (C=N–C) groups is 1. The molecule has 0 saturated heterocycles. The van der Waals surface area contributed by atoms with Gasteiger partial charge in [-0.15, -0.1) is 6.42 Å². The van der Waals surface area contributed by atoms with Crippen LogP contribution in [0.15, 0.2) is 34.4 Å². The van der Waals surface area contributed by atoms with Gasteiger partial charge in [0.15, 0.2) is 0 Å². The minimum Gasteiger partial charge on any atom is -0.280 e. The first kappa shape index (κ1) is 9.85. The van der Waals surface area contributed by atoms with Crippen molar-refractivity contribution in [1.29, 1.82) is 0 Å². The van der Waals surface area contributed by atoms with Crippen LogP contribution in [-0.2, 0) is 0 Å². The summed E-state index contributed by atoms with van der Waals surface area (Å²) in [6.07, 6.45) is 6.64. The van der Waals surface area contributed by atoms with Crippen molar-refractivity contribution in [3.05, 3.63) is 40.3 Å². The van der Waals surface area contributed by atoms with Crippen LogP contribution in [-0.4, -0.2) is 12.8 Å². The summed E-state index contributed by atoms with van der Waals surface area (Å²) < 4.78 is 0. The van der Waals surface area contributed by atoms with Gasteiger partial charge in [-0.2, -0.15) is 0 Å². The van der Waals surface area contributed by atoms with Crippen LogP contribution in [0.3, 0.4) is 0 Å². The third-order valence-corrected chi connectivity index (χ3v) is 1.50. The second-order valence-corrected chi connectivity index (χ2v) is 2.42. The normalized spacial score (nSPS) is 9.36. The predicted octanol–water partition coefficient (Wildman–Crippen LogP) is 2.68. The van der Waals surface area contributed by atoms with Crippen LogP contribution in [0.5, 0.6) is 0 Å². The highest BCUT2D eigenvalue weighted by Crippen LogP contribution is 2.16. The van der Waals surface area contributed by atoms with Crippen molar-refractivity contribution in [1.82, 2.24) is 0 Å². The zero-order valence-electron chi connectivity index (χ0n) is 7.46. The molecule has 14 heavy (non-hydrogen) atoms. The number of benzene rings is 1. The van der Waals surface area contributed by atoms with Gasteiger partial charge in [-0.05, 0) is 5.53 Å². The lowest BCUT2D eigenvalue weighted by molar-refractivity contribution is 1.30. The van der Waals surface area contributed by atoms with E-state index in [2.05, 4.69) is 20.9 Å². The molecule has 0 N–H and O–H groups in total. The second-order valence-electron chi connectivity index (χ2n) is 2.42. The first-order chi connectivity index (χ1) is 6.88. The van der Waals surface area contributed by atoms with Gasteiger partial charge >= 0.3 is 0 Å². The Hall–Kier alpha value is -2.24. The fourth-order valence-electron chi connectivity index (χ4n) is 0.933. The molecule has 0 atom stereocenters. The Bertz CT molecular complexity index is 422. The third-order valence-electron chi connectivity index (χ3n) is 1.50. The monoisotopic (exact) mass is 184 g/mol. The minimum atomic E-state index is 0.324. The largest absolute Gasteiger partial charge is 0.280 e. The fourth-order valence-corrected chi connectivity index (χ4v) is 0.933. The number of hydrogen-bond acceptors (Lipinski definition) is 2. The molecule has 0 heterocycles. The van der Waals surface area contributed by atoms with Gasteiger partial charge < -0.3 is 0 Å². The molecule has 68 valence electrons. The fraction of sp³-hybridized carbons (Fsp3) is 0.100. The first-order valence-electron chi connectivity index (χ1n) is 3.96. The van der Waals surface area contributed by atoms with Crippen molar-refractivity contribution >= 4 is 11.9 Å². The lowest BCUT2D eigenvalue weighted by Crippen LogP contribution is -1.82. The topological polar surface area (TPSA) is 61.1 Å². The average molecular weight is 184 g/mol. The Morgan fingerprint density at radius 1 is 1.50 bits per heavy atom. The average Bonchev–Trinajstić information content (AvgIpc) is 2.21. The summed E-state index contributed by atoms with van der Waals surface area (Å²) >= 11 is 0. The van der Waals surface area contributed by atoms with Gasteiger partial charge in [0.25, 0.3) is 0 Å². The zero-order chi connectivity index (χ0) is 10.2. The maximum absolute atomic E-state index is 8.30. The van der Waals surface area contributed by atoms with E-state index in [1.807, 2.05) is 12.1 Å². The van der Waals surface area contributed by atoms with Crippen molar-refractivity contribution in [2.45, 2.75) is 0 Å². The molecule has 1 aromatic rings. The van der Waals surface area contributed by atoms with E-state index < -0.39 is 0 Å². The first-order valence-corrected chi connectivity index (χ1v) is 3.96. The predicted molar refractivity (Wildman–Crippen MR) is 56.5 cm³/mol. The van der Waals surface area contributed by atoms with Crippen LogP contribution in [0.2, 0.25) is 0 Å². The Kier molecular flexibility index (Phi) is 3.81. The Morgan fingerprint density at radius 3 is 3.00 bits per heavy atom. The van der Waals surface area contributed by atoms with Crippen molar-refractivity contribution in [3.63, 3.8) is 0 Å². The number of hydrogen-bond donors (Lipinski definition) is 0. The van der Waals surface area contributed by atoms with Crippen molar-refractivity contribution in [2.75, 3.05) is 6.54 Å². The van der Waals surface area contributed by atoms with Crippen molar-refractivity contribution in [3.8, 4) is 12.3 Å². The molecule has 0 aromatic heterocycles. The second kappa shape index (κ2) is 5.41. The number of rotatable bonds is 3. The van der Waals surface area contributed by atoms with E-state index in [9.17, 15) is 0 Å². The molecule has 4 heteroatoms. The lowest BCUT2D eigenvalue weighted by atomic mass is 10.2. The van der Waals surface area contributed by atoms with Crippen LogP contribution >= 0.6 is 0 Å². The van der Waals surface area contributed by atoms with E-state index in [0.717, 1.165) is 5.56 Å². The molecule has 0 aliphatic rings. The maximum atomic E-state index is 8.30. The van der Waals surface area contributed by atoms with Crippen LogP contribution in [0.25, 0.3) is 10.4 Å². The zero-order valence-corrected chi connectivity index (χ0v) is 7.46. The highest BCUT2D eigenvalue weighted by Gasteiger charge is 1.94. The summed E-state index contributed by atoms with van der Waals surface area (Å²) in [5.41, 5.74) is 9.61. The molecule has 0 aliphatic heterocycles. The molecule has 0 unspecified atom stereocenters. The lowest BCUT2D eigenvalue weighted by Gasteiger charge is -1.96. The van der Waals surface area contributed by atoms with Crippen LogP contribution < -0.4 is 0 Å². The van der Waals surface area contributed by atoms with E-state index in [1.54, 1.807) is 18.3 Å². The summed E-state index contributed by atoms with van der Waals surface area (Å²) in [5, 5.41) is 3.52. The van der Waals surface area contributed by atoms with Gasteiger partial charge in [-0.3, -0.25) is 4.99 Å². The van der Waals surface area contributed by atoms with Gasteiger partial charge in [-0.25, -0.2) is 0 Å². The van der Waals surface area contributed by atoms with Crippen LogP contribution in [0, 0.1) is 12.3 Å². The minimum absolute atomic E-state index is 0.324. The molecule has 0 bridgehead atoms. The Labute approximate surface area is 81.9 Å². The van der Waals surface area contributed by atoms with Gasteiger partial charge in [-0.1, -0.05) is 35.3 Å². The van der Waals surface area contributed by atoms with Crippen LogP contribution in [0.1, 0.15) is 5.56 Å². The van der Waals surface area contributed by atoms with Crippen molar-refractivity contribution in [2.24, 2.45) is 10.1 Å². The molecule has 0 radical (unpaired) electrons. The smallest absolute Gasteiger partial charge is 0.0995 e. The molecule has 1 aromatic carbocycles. The van der Waals surface area contributed by atoms with Gasteiger partial charge in [0.1, 0.15) is 0 Å². The molecule has 0 aliphatic carbocycles. The Morgan fingerprint density at radius 2 is 2.29 bits per heavy atom. The molecule has 0 amide bonds. The Balaban J connectivity index is 2.96. The SMILES string of the molecule is C#CCN=Cc1ccccc1N=[N+]=[N-]. The summed E-state index contributed by atoms with van der Waals surface area (Å²) in [7, 11) is 0. The van der Waals surface area contributed by atoms with E-state index in [-0.39, 0.29) is 0 Å². The molecule has 4 nitrogen and oxygen atoms in total. The highest BCUT2D eigenvalue weighted by molar-refractivity contribution is 5.86. The molecular formula is C10H8N4. The van der Waals surface area contributed by atoms with Crippen molar-refractivity contribution < 1.29 is 0 Å². The number of azide groups is 1. The number of nitrogens with zero attached hydrogens (tertiary/aromatic N) is 4. The molecule has 1 rings (SSSR count). The van der Waals surface area contributed by atoms with Gasteiger partial charge in [0, 0.05) is 22.4 Å². The highest BCUT2D eigenvalue weighted by atomic mass is 15.1. The summed E-state index contributed by atoms with van der Waals surface area (Å²) in [6, 6.07) is 7.16. The van der Waals surface area contributed by atoms with Gasteiger partial charge in [0.05, 0.1) is 6.54 Å². The molecular weight excluding hydrogens is 176 g/mol. The van der Waals surface area contributed by atoms with Gasteiger partial charge in [0.2, 0.25) is 0 Å². The third kappa shape index (κ3) is 2.67. The van der Waals surface area contributed by atoms with E-state index in [0.29, 0.717) is 12.2 Å². The van der Waals surface area contributed by atoms with Crippen LogP contribution in [0.4, 0.5) is 5.69 Å². The summed E-state index contributed by atoms with van der Waals surface area (Å²) in [4.78, 5) is 6.68. The number of terminal acetylenes is 1. The summed E-state index contributed by atoms with van der Waals surface area (Å²) in [6.45, 7) is 0.324. The molecule has 0 saturated carbocycles. The van der Waals surface area contributed by atoms with E-state index in [1.165, 1.54) is 0 Å². The summed E-state index contributed by atoms with van der Waals surface area (Å²) in [5.74, 6) is 2.39. The van der Waals surface area contributed by atoms with E-state index >= 15 is 0 Å². The molecule has 0 spiro atoms.